The van der Waals surface area contributed by atoms with Crippen LogP contribution in [0.25, 0.3) is 0 Å². The second kappa shape index (κ2) is 7.93. The molecule has 0 spiro atoms. The molecule has 1 rings (SSSR count). The van der Waals surface area contributed by atoms with Gasteiger partial charge in [0, 0.05) is 19.1 Å². The topological polar surface area (TPSA) is 58.4 Å². The maximum atomic E-state index is 12.2. The van der Waals surface area contributed by atoms with Crippen molar-refractivity contribution in [2.75, 3.05) is 19.6 Å². The van der Waals surface area contributed by atoms with Gasteiger partial charge in [-0.3, -0.25) is 4.79 Å². The normalized spacial score (nSPS) is 23.1. The van der Waals surface area contributed by atoms with Gasteiger partial charge in [-0.25, -0.2) is 0 Å². The van der Waals surface area contributed by atoms with Crippen LogP contribution in [0.1, 0.15) is 52.9 Å². The number of likely N-dealkylation sites (tertiary alicyclic amines) is 1. The highest BCUT2D eigenvalue weighted by Gasteiger charge is 2.34. The van der Waals surface area contributed by atoms with Gasteiger partial charge in [0.25, 0.3) is 0 Å². The van der Waals surface area contributed by atoms with Crippen LogP contribution >= 0.6 is 12.2 Å². The first-order valence-electron chi connectivity index (χ1n) is 7.74. The molecule has 1 aliphatic heterocycles. The predicted molar refractivity (Wildman–Crippen MR) is 87.7 cm³/mol. The van der Waals surface area contributed by atoms with Crippen molar-refractivity contribution in [3.63, 3.8) is 0 Å². The van der Waals surface area contributed by atoms with Gasteiger partial charge >= 0.3 is 0 Å². The van der Waals surface area contributed by atoms with Crippen LogP contribution in [0, 0.1) is 5.41 Å². The summed E-state index contributed by atoms with van der Waals surface area (Å²) < 4.78 is 0. The molecule has 20 heavy (non-hydrogen) atoms. The van der Waals surface area contributed by atoms with E-state index in [1.54, 1.807) is 0 Å². The van der Waals surface area contributed by atoms with E-state index in [1.807, 2.05) is 13.8 Å². The number of amides is 1. The number of rotatable bonds is 7. The molecule has 5 heteroatoms. The number of nitrogens with two attached hydrogens (primary N) is 1. The lowest BCUT2D eigenvalue weighted by atomic mass is 9.86. The molecule has 1 heterocycles. The Morgan fingerprint density at radius 3 is 2.75 bits per heavy atom. The summed E-state index contributed by atoms with van der Waals surface area (Å²) in [5.41, 5.74) is 4.97. The second-order valence-electron chi connectivity index (χ2n) is 6.04. The van der Waals surface area contributed by atoms with Gasteiger partial charge in [-0.2, -0.15) is 0 Å². The molecule has 0 aliphatic carbocycles. The van der Waals surface area contributed by atoms with Crippen LogP contribution in [0.4, 0.5) is 0 Å². The first kappa shape index (κ1) is 17.4. The minimum absolute atomic E-state index is 0.0424. The van der Waals surface area contributed by atoms with E-state index in [1.165, 1.54) is 25.8 Å². The van der Waals surface area contributed by atoms with Crippen molar-refractivity contribution in [2.24, 2.45) is 11.1 Å². The highest BCUT2D eigenvalue weighted by molar-refractivity contribution is 7.80. The smallest absolute Gasteiger partial charge is 0.232 e. The van der Waals surface area contributed by atoms with E-state index >= 15 is 0 Å². The Balaban J connectivity index is 2.30. The first-order chi connectivity index (χ1) is 9.41. The molecule has 1 aliphatic rings. The third kappa shape index (κ3) is 4.42. The maximum absolute atomic E-state index is 12.2. The van der Waals surface area contributed by atoms with Gasteiger partial charge in [0.05, 0.1) is 10.4 Å². The molecule has 3 N–H and O–H groups in total. The Morgan fingerprint density at radius 1 is 1.50 bits per heavy atom. The number of piperidine rings is 1. The summed E-state index contributed by atoms with van der Waals surface area (Å²) in [5.74, 6) is -0.0424. The SMILES string of the molecule is CCC(C)(C(=O)NCCCN1CCCCC1C)C(N)=S. The summed E-state index contributed by atoms with van der Waals surface area (Å²) >= 11 is 5.01. The van der Waals surface area contributed by atoms with Crippen LogP contribution in [0.15, 0.2) is 0 Å². The van der Waals surface area contributed by atoms with Crippen LogP contribution in [0.3, 0.4) is 0 Å². The van der Waals surface area contributed by atoms with Gasteiger partial charge in [-0.15, -0.1) is 0 Å². The molecule has 0 saturated carbocycles. The molecule has 0 aromatic carbocycles. The fourth-order valence-corrected chi connectivity index (χ4v) is 2.85. The number of carbonyl (C=O) groups is 1. The van der Waals surface area contributed by atoms with E-state index in [9.17, 15) is 4.79 Å². The average molecular weight is 299 g/mol. The summed E-state index contributed by atoms with van der Waals surface area (Å²) in [7, 11) is 0. The minimum atomic E-state index is -0.715. The zero-order chi connectivity index (χ0) is 15.2. The lowest BCUT2D eigenvalue weighted by Gasteiger charge is -2.33. The quantitative estimate of drug-likeness (QED) is 0.558. The molecule has 0 aromatic heterocycles. The Labute approximate surface area is 128 Å². The van der Waals surface area contributed by atoms with E-state index in [2.05, 4.69) is 17.1 Å². The molecule has 2 atom stereocenters. The third-order valence-corrected chi connectivity index (χ3v) is 5.05. The fourth-order valence-electron chi connectivity index (χ4n) is 2.62. The van der Waals surface area contributed by atoms with E-state index < -0.39 is 5.41 Å². The Kier molecular flexibility index (Phi) is 6.89. The van der Waals surface area contributed by atoms with E-state index in [0.29, 0.717) is 19.0 Å². The molecule has 1 amide bonds. The number of thiocarbonyl (C=S) groups is 1. The van der Waals surface area contributed by atoms with Crippen LogP contribution in [-0.2, 0) is 4.79 Å². The van der Waals surface area contributed by atoms with E-state index in [4.69, 9.17) is 18.0 Å². The Hall–Kier alpha value is -0.680. The van der Waals surface area contributed by atoms with Crippen LogP contribution in [0.2, 0.25) is 0 Å². The molecule has 0 radical (unpaired) electrons. The maximum Gasteiger partial charge on any atom is 0.232 e. The van der Waals surface area contributed by atoms with Gasteiger partial charge in [0.15, 0.2) is 0 Å². The van der Waals surface area contributed by atoms with Crippen LogP contribution in [-0.4, -0.2) is 41.5 Å². The molecule has 1 saturated heterocycles. The fraction of sp³-hybridized carbons (Fsp3) is 0.867. The van der Waals surface area contributed by atoms with Crippen molar-refractivity contribution in [1.82, 2.24) is 10.2 Å². The van der Waals surface area contributed by atoms with Gasteiger partial charge in [-0.1, -0.05) is 25.6 Å². The molecular weight excluding hydrogens is 270 g/mol. The highest BCUT2D eigenvalue weighted by atomic mass is 32.1. The molecule has 1 fully saturated rings. The zero-order valence-corrected chi connectivity index (χ0v) is 13.9. The van der Waals surface area contributed by atoms with Gasteiger partial charge in [0.1, 0.15) is 0 Å². The number of hydrogen-bond donors (Lipinski definition) is 2. The molecule has 4 nitrogen and oxygen atoms in total. The molecular formula is C15H29N3OS. The number of hydrogen-bond acceptors (Lipinski definition) is 3. The number of carbonyl (C=O) groups excluding carboxylic acids is 1. The number of nitrogens with one attached hydrogen (secondary N) is 1. The standard InChI is InChI=1S/C15H29N3OS/c1-4-15(3,13(16)20)14(19)17-9-7-11-18-10-6-5-8-12(18)2/h12H,4-11H2,1-3H3,(H2,16,20)(H,17,19). The summed E-state index contributed by atoms with van der Waals surface area (Å²) in [6.07, 6.45) is 5.55. The van der Waals surface area contributed by atoms with Gasteiger partial charge in [0.2, 0.25) is 5.91 Å². The van der Waals surface area contributed by atoms with E-state index in [-0.39, 0.29) is 10.9 Å². The lowest BCUT2D eigenvalue weighted by molar-refractivity contribution is -0.127. The second-order valence-corrected chi connectivity index (χ2v) is 6.48. The molecule has 0 aromatic rings. The zero-order valence-electron chi connectivity index (χ0n) is 13.1. The monoisotopic (exact) mass is 299 g/mol. The van der Waals surface area contributed by atoms with Crippen molar-refractivity contribution in [1.29, 1.82) is 0 Å². The van der Waals surface area contributed by atoms with E-state index in [0.717, 1.165) is 13.0 Å². The van der Waals surface area contributed by atoms with Crippen molar-refractivity contribution >= 4 is 23.1 Å². The molecule has 0 bridgehead atoms. The summed E-state index contributed by atoms with van der Waals surface area (Å²) in [6, 6.07) is 0.678. The Bertz CT molecular complexity index is 348. The van der Waals surface area contributed by atoms with Crippen molar-refractivity contribution in [2.45, 2.75) is 58.9 Å². The number of nitrogens with zero attached hydrogens (tertiary/aromatic N) is 1. The van der Waals surface area contributed by atoms with Crippen molar-refractivity contribution in [3.05, 3.63) is 0 Å². The van der Waals surface area contributed by atoms with Crippen molar-refractivity contribution < 1.29 is 4.79 Å². The van der Waals surface area contributed by atoms with Crippen LogP contribution < -0.4 is 11.1 Å². The lowest BCUT2D eigenvalue weighted by Crippen LogP contribution is -2.47. The van der Waals surface area contributed by atoms with Gasteiger partial charge < -0.3 is 16.0 Å². The highest BCUT2D eigenvalue weighted by Crippen LogP contribution is 2.21. The summed E-state index contributed by atoms with van der Waals surface area (Å²) in [6.45, 7) is 8.98. The first-order valence-corrected chi connectivity index (χ1v) is 8.15. The molecule has 116 valence electrons. The largest absolute Gasteiger partial charge is 0.392 e. The average Bonchev–Trinajstić information content (AvgIpc) is 2.43. The van der Waals surface area contributed by atoms with Crippen molar-refractivity contribution in [3.8, 4) is 0 Å². The third-order valence-electron chi connectivity index (χ3n) is 4.60. The van der Waals surface area contributed by atoms with Crippen LogP contribution in [0.5, 0.6) is 0 Å². The van der Waals surface area contributed by atoms with Gasteiger partial charge in [-0.05, 0) is 46.1 Å². The molecule has 2 unspecified atom stereocenters. The summed E-state index contributed by atoms with van der Waals surface area (Å²) in [5, 5.41) is 2.98. The predicted octanol–water partition coefficient (Wildman–Crippen LogP) is 2.07. The Morgan fingerprint density at radius 2 is 2.20 bits per heavy atom. The minimum Gasteiger partial charge on any atom is -0.392 e. The summed E-state index contributed by atoms with van der Waals surface area (Å²) in [4.78, 5) is 15.0.